The zero-order valence-electron chi connectivity index (χ0n) is 31.4. The third-order valence-corrected chi connectivity index (χ3v) is 12.1. The Bertz CT molecular complexity index is 2220. The molecule has 13 heteroatoms. The van der Waals surface area contributed by atoms with Crippen molar-refractivity contribution in [3.05, 3.63) is 117 Å². The first kappa shape index (κ1) is 40.8. The molecule has 6 rings (SSSR count). The summed E-state index contributed by atoms with van der Waals surface area (Å²) >= 11 is 15.8. The van der Waals surface area contributed by atoms with Crippen molar-refractivity contribution >= 4 is 70.7 Å². The molecule has 2 aliphatic rings. The standard InChI is InChI=1S/C44H38Cl2N6O4S/c1-29(53)49-19-23-51(24-20-49)39(55)17-13-31-11-15-37(43(45)41(31)35-9-5-3-7-33(35)27-47)57-38-16-12-32(42(44(38)46)36-10-6-4-8-34(36)28-48)14-18-40(56)52-25-21-50(22-26-52)30(2)54/h3-18H,19-26H2,1-2H3/b17-13+,18-14+. The first-order valence-electron chi connectivity index (χ1n) is 18.3. The molecule has 4 amide bonds. The maximum atomic E-state index is 13.2. The van der Waals surface area contributed by atoms with E-state index >= 15 is 0 Å². The molecule has 0 saturated carbocycles. The first-order valence-corrected chi connectivity index (χ1v) is 19.8. The summed E-state index contributed by atoms with van der Waals surface area (Å²) in [7, 11) is 0. The largest absolute Gasteiger partial charge is 0.339 e. The van der Waals surface area contributed by atoms with Gasteiger partial charge >= 0.3 is 0 Å². The van der Waals surface area contributed by atoms with Gasteiger partial charge in [0.2, 0.25) is 23.6 Å². The number of rotatable bonds is 8. The van der Waals surface area contributed by atoms with Crippen LogP contribution in [0, 0.1) is 22.7 Å². The lowest BCUT2D eigenvalue weighted by Gasteiger charge is -2.33. The van der Waals surface area contributed by atoms with Crippen LogP contribution in [0.2, 0.25) is 10.0 Å². The zero-order chi connectivity index (χ0) is 40.6. The Morgan fingerprint density at radius 2 is 0.912 bits per heavy atom. The van der Waals surface area contributed by atoms with Crippen molar-refractivity contribution in [3.63, 3.8) is 0 Å². The van der Waals surface area contributed by atoms with Gasteiger partial charge in [0, 0.05) is 110 Å². The summed E-state index contributed by atoms with van der Waals surface area (Å²) in [5, 5.41) is 20.8. The minimum Gasteiger partial charge on any atom is -0.339 e. The molecule has 288 valence electrons. The molecule has 4 aromatic carbocycles. The molecule has 10 nitrogen and oxygen atoms in total. The Kier molecular flexibility index (Phi) is 13.2. The number of nitriles is 2. The van der Waals surface area contributed by atoms with Gasteiger partial charge in [-0.05, 0) is 47.5 Å². The molecule has 57 heavy (non-hydrogen) atoms. The molecule has 2 saturated heterocycles. The van der Waals surface area contributed by atoms with Gasteiger partial charge in [0.1, 0.15) is 0 Å². The highest BCUT2D eigenvalue weighted by Gasteiger charge is 2.24. The molecule has 0 N–H and O–H groups in total. The highest BCUT2D eigenvalue weighted by Crippen LogP contribution is 2.47. The predicted octanol–water partition coefficient (Wildman–Crippen LogP) is 7.63. The second kappa shape index (κ2) is 18.4. The number of benzene rings is 4. The lowest BCUT2D eigenvalue weighted by Crippen LogP contribution is -2.49. The minimum atomic E-state index is -0.198. The highest BCUT2D eigenvalue weighted by atomic mass is 35.5. The van der Waals surface area contributed by atoms with Crippen molar-refractivity contribution in [2.24, 2.45) is 0 Å². The molecule has 0 spiro atoms. The van der Waals surface area contributed by atoms with Gasteiger partial charge in [-0.2, -0.15) is 10.5 Å². The number of nitrogens with zero attached hydrogens (tertiary/aromatic N) is 6. The molecule has 0 radical (unpaired) electrons. The van der Waals surface area contributed by atoms with Gasteiger partial charge in [-0.3, -0.25) is 19.2 Å². The monoisotopic (exact) mass is 816 g/mol. The Hall–Kier alpha value is -5.85. The van der Waals surface area contributed by atoms with E-state index in [-0.39, 0.29) is 23.6 Å². The molecule has 0 aromatic heterocycles. The number of halogens is 2. The molecule has 0 aliphatic carbocycles. The van der Waals surface area contributed by atoms with E-state index in [1.54, 1.807) is 56.0 Å². The Balaban J connectivity index is 1.36. The summed E-state index contributed by atoms with van der Waals surface area (Å²) < 4.78 is 0. The normalized spacial score (nSPS) is 14.5. The number of hydrogen-bond donors (Lipinski definition) is 0. The van der Waals surface area contributed by atoms with Crippen LogP contribution in [-0.4, -0.2) is 95.6 Å². The number of hydrogen-bond acceptors (Lipinski definition) is 7. The van der Waals surface area contributed by atoms with Crippen molar-refractivity contribution < 1.29 is 19.2 Å². The summed E-state index contributed by atoms with van der Waals surface area (Å²) in [6.45, 7) is 6.61. The summed E-state index contributed by atoms with van der Waals surface area (Å²) in [4.78, 5) is 58.1. The van der Waals surface area contributed by atoms with E-state index in [1.807, 2.05) is 48.5 Å². The average Bonchev–Trinajstić information content (AvgIpc) is 3.23. The maximum Gasteiger partial charge on any atom is 0.246 e. The second-order valence-corrected chi connectivity index (χ2v) is 15.3. The molecular formula is C44H38Cl2N6O4S. The van der Waals surface area contributed by atoms with E-state index in [9.17, 15) is 29.7 Å². The van der Waals surface area contributed by atoms with Gasteiger partial charge in [-0.1, -0.05) is 83.5 Å². The van der Waals surface area contributed by atoms with Crippen LogP contribution in [0.1, 0.15) is 36.1 Å². The molecule has 0 unspecified atom stereocenters. The van der Waals surface area contributed by atoms with E-state index in [2.05, 4.69) is 12.1 Å². The van der Waals surface area contributed by atoms with Gasteiger partial charge in [-0.25, -0.2) is 0 Å². The van der Waals surface area contributed by atoms with Gasteiger partial charge in [0.15, 0.2) is 0 Å². The summed E-state index contributed by atoms with van der Waals surface area (Å²) in [5.74, 6) is -0.438. The number of piperazine rings is 2. The van der Waals surface area contributed by atoms with E-state index < -0.39 is 0 Å². The van der Waals surface area contributed by atoms with Gasteiger partial charge in [0.05, 0.1) is 33.3 Å². The molecule has 0 bridgehead atoms. The molecule has 4 aromatic rings. The fourth-order valence-corrected chi connectivity index (χ4v) is 8.53. The molecule has 2 heterocycles. The van der Waals surface area contributed by atoms with Gasteiger partial charge in [-0.15, -0.1) is 0 Å². The minimum absolute atomic E-state index is 0.0203. The van der Waals surface area contributed by atoms with Crippen LogP contribution in [-0.2, 0) is 19.2 Å². The van der Waals surface area contributed by atoms with E-state index in [1.165, 1.54) is 37.8 Å². The molecule has 2 aliphatic heterocycles. The quantitative estimate of drug-likeness (QED) is 0.167. The summed E-state index contributed by atoms with van der Waals surface area (Å²) in [6, 6.07) is 26.1. The number of carbonyl (C=O) groups is 4. The highest BCUT2D eigenvalue weighted by molar-refractivity contribution is 7.99. The van der Waals surface area contributed by atoms with Crippen LogP contribution >= 0.6 is 35.0 Å². The second-order valence-electron chi connectivity index (χ2n) is 13.4. The van der Waals surface area contributed by atoms with Gasteiger partial charge in [0.25, 0.3) is 0 Å². The van der Waals surface area contributed by atoms with Crippen molar-refractivity contribution in [2.45, 2.75) is 23.6 Å². The Morgan fingerprint density at radius 1 is 0.561 bits per heavy atom. The van der Waals surface area contributed by atoms with Crippen LogP contribution < -0.4 is 0 Å². The van der Waals surface area contributed by atoms with E-state index in [4.69, 9.17) is 23.2 Å². The molecule has 2 fully saturated rings. The van der Waals surface area contributed by atoms with E-state index in [0.29, 0.717) is 117 Å². The van der Waals surface area contributed by atoms with Crippen molar-refractivity contribution in [3.8, 4) is 34.4 Å². The molecule has 0 atom stereocenters. The Morgan fingerprint density at radius 3 is 1.26 bits per heavy atom. The lowest BCUT2D eigenvalue weighted by molar-refractivity contribution is -0.135. The van der Waals surface area contributed by atoms with Crippen LogP contribution in [0.4, 0.5) is 0 Å². The zero-order valence-corrected chi connectivity index (χ0v) is 33.7. The smallest absolute Gasteiger partial charge is 0.246 e. The summed E-state index contributed by atoms with van der Waals surface area (Å²) in [6.07, 6.45) is 6.36. The number of amides is 4. The first-order chi connectivity index (χ1) is 27.5. The maximum absolute atomic E-state index is 13.2. The van der Waals surface area contributed by atoms with Crippen LogP contribution in [0.3, 0.4) is 0 Å². The topological polar surface area (TPSA) is 129 Å². The Labute approximate surface area is 346 Å². The fourth-order valence-electron chi connectivity index (χ4n) is 6.86. The van der Waals surface area contributed by atoms with Crippen molar-refractivity contribution in [2.75, 3.05) is 52.4 Å². The third-order valence-electron chi connectivity index (χ3n) is 10.0. The van der Waals surface area contributed by atoms with Crippen LogP contribution in [0.5, 0.6) is 0 Å². The van der Waals surface area contributed by atoms with Crippen LogP contribution in [0.25, 0.3) is 34.4 Å². The number of carbonyl (C=O) groups excluding carboxylic acids is 4. The SMILES string of the molecule is CC(=O)N1CCN(C(=O)/C=C/c2ccc(Sc3ccc(/C=C/C(=O)N4CCN(C(C)=O)CC4)c(-c4ccccc4C#N)c3Cl)c(Cl)c2-c2ccccc2C#N)CC1. The lowest BCUT2D eigenvalue weighted by atomic mass is 9.95. The molecular weight excluding hydrogens is 779 g/mol. The third kappa shape index (κ3) is 9.24. The van der Waals surface area contributed by atoms with E-state index in [0.717, 1.165) is 0 Å². The average molecular weight is 818 g/mol. The van der Waals surface area contributed by atoms with Crippen molar-refractivity contribution in [1.29, 1.82) is 10.5 Å². The van der Waals surface area contributed by atoms with Crippen molar-refractivity contribution in [1.82, 2.24) is 19.6 Å². The fraction of sp³-hybridized carbons (Fsp3) is 0.227. The summed E-state index contributed by atoms with van der Waals surface area (Å²) in [5.41, 5.74) is 4.39. The van der Waals surface area contributed by atoms with Crippen LogP contribution in [0.15, 0.2) is 94.7 Å². The van der Waals surface area contributed by atoms with Gasteiger partial charge < -0.3 is 19.6 Å². The predicted molar refractivity (Wildman–Crippen MR) is 223 cm³/mol.